The molecule has 0 aromatic heterocycles. The number of hydrogen-bond donors (Lipinski definition) is 0. The molecule has 1 heterocycles. The molecule has 0 N–H and O–H groups in total. The van der Waals surface area contributed by atoms with Gasteiger partial charge in [0.15, 0.2) is 5.78 Å². The SMILES string of the molecule is C1CCSC1.O=C(COS(=O)(=O)C(F)(F)F)c1ccc2ccccc2c1. The molecule has 1 aliphatic heterocycles. The van der Waals surface area contributed by atoms with E-state index >= 15 is 0 Å². The summed E-state index contributed by atoms with van der Waals surface area (Å²) in [4.78, 5) is 11.7. The van der Waals surface area contributed by atoms with Crippen molar-refractivity contribution in [2.24, 2.45) is 0 Å². The first-order chi connectivity index (χ1) is 12.2. The predicted molar refractivity (Wildman–Crippen MR) is 95.8 cm³/mol. The van der Waals surface area contributed by atoms with Gasteiger partial charge in [-0.15, -0.1) is 0 Å². The first-order valence-electron chi connectivity index (χ1n) is 7.76. The molecule has 142 valence electrons. The van der Waals surface area contributed by atoms with Gasteiger partial charge in [-0.25, -0.2) is 0 Å². The first kappa shape index (κ1) is 20.7. The summed E-state index contributed by atoms with van der Waals surface area (Å²) in [6, 6.07) is 11.5. The van der Waals surface area contributed by atoms with Crippen LogP contribution in [0.25, 0.3) is 10.8 Å². The molecule has 0 atom stereocenters. The van der Waals surface area contributed by atoms with Gasteiger partial charge in [-0.2, -0.15) is 33.4 Å². The number of Topliss-reactive ketones (excluding diaryl/α,β-unsaturated/α-hetero) is 1. The average Bonchev–Trinajstić information content (AvgIpc) is 3.18. The van der Waals surface area contributed by atoms with Gasteiger partial charge < -0.3 is 0 Å². The van der Waals surface area contributed by atoms with Crippen LogP contribution in [0.3, 0.4) is 0 Å². The smallest absolute Gasteiger partial charge is 0.291 e. The summed E-state index contributed by atoms with van der Waals surface area (Å²) >= 11 is 2.07. The van der Waals surface area contributed by atoms with Gasteiger partial charge in [0.1, 0.15) is 6.61 Å². The highest BCUT2D eigenvalue weighted by atomic mass is 32.2. The maximum absolute atomic E-state index is 12.1. The normalized spacial score (nSPS) is 14.7. The zero-order valence-corrected chi connectivity index (χ0v) is 15.3. The fourth-order valence-corrected chi connectivity index (χ4v) is 3.57. The van der Waals surface area contributed by atoms with Crippen LogP contribution >= 0.6 is 11.8 Å². The Morgan fingerprint density at radius 2 is 1.65 bits per heavy atom. The van der Waals surface area contributed by atoms with E-state index in [0.717, 1.165) is 5.39 Å². The Balaban J connectivity index is 0.000000417. The Morgan fingerprint density at radius 1 is 1.04 bits per heavy atom. The molecule has 0 aliphatic carbocycles. The number of rotatable bonds is 4. The molecule has 0 spiro atoms. The van der Waals surface area contributed by atoms with E-state index in [1.165, 1.54) is 36.5 Å². The predicted octanol–water partition coefficient (Wildman–Crippen LogP) is 4.40. The number of carbonyl (C=O) groups excluding carboxylic acids is 1. The molecule has 1 saturated heterocycles. The van der Waals surface area contributed by atoms with Crippen LogP contribution < -0.4 is 0 Å². The minimum absolute atomic E-state index is 0.0751. The molecular formula is C17H17F3O4S2. The number of thioether (sulfide) groups is 1. The number of carbonyl (C=O) groups is 1. The van der Waals surface area contributed by atoms with Crippen LogP contribution in [0, 0.1) is 0 Å². The quantitative estimate of drug-likeness (QED) is 0.428. The van der Waals surface area contributed by atoms with E-state index in [1.807, 2.05) is 0 Å². The lowest BCUT2D eigenvalue weighted by molar-refractivity contribution is -0.0536. The van der Waals surface area contributed by atoms with Crippen LogP contribution in [0.15, 0.2) is 42.5 Å². The minimum Gasteiger partial charge on any atom is -0.291 e. The summed E-state index contributed by atoms with van der Waals surface area (Å²) < 4.78 is 61.3. The Morgan fingerprint density at radius 3 is 2.19 bits per heavy atom. The van der Waals surface area contributed by atoms with Crippen LogP contribution in [-0.2, 0) is 14.3 Å². The summed E-state index contributed by atoms with van der Waals surface area (Å²) in [7, 11) is -5.76. The molecule has 26 heavy (non-hydrogen) atoms. The van der Waals surface area contributed by atoms with Gasteiger partial charge in [-0.1, -0.05) is 36.4 Å². The van der Waals surface area contributed by atoms with Crippen LogP contribution in [0.2, 0.25) is 0 Å². The van der Waals surface area contributed by atoms with Crippen LogP contribution in [0.5, 0.6) is 0 Å². The maximum Gasteiger partial charge on any atom is 0.523 e. The van der Waals surface area contributed by atoms with Crippen molar-refractivity contribution >= 4 is 38.4 Å². The lowest BCUT2D eigenvalue weighted by Gasteiger charge is -2.08. The third-order valence-electron chi connectivity index (χ3n) is 3.53. The number of alkyl halides is 3. The second-order valence-corrected chi connectivity index (χ2v) is 8.30. The van der Waals surface area contributed by atoms with E-state index in [1.54, 1.807) is 30.3 Å². The zero-order valence-electron chi connectivity index (χ0n) is 13.7. The first-order valence-corrected chi connectivity index (χ1v) is 10.3. The number of fused-ring (bicyclic) bond motifs is 1. The fourth-order valence-electron chi connectivity index (χ4n) is 2.15. The molecule has 2 aromatic rings. The van der Waals surface area contributed by atoms with Gasteiger partial charge in [0.05, 0.1) is 0 Å². The van der Waals surface area contributed by atoms with Crippen molar-refractivity contribution in [2.75, 3.05) is 18.1 Å². The lowest BCUT2D eigenvalue weighted by Crippen LogP contribution is -2.27. The largest absolute Gasteiger partial charge is 0.523 e. The van der Waals surface area contributed by atoms with Gasteiger partial charge in [0.25, 0.3) is 0 Å². The molecule has 0 radical (unpaired) electrons. The van der Waals surface area contributed by atoms with Crippen molar-refractivity contribution in [3.05, 3.63) is 48.0 Å². The van der Waals surface area contributed by atoms with E-state index in [2.05, 4.69) is 15.9 Å². The highest BCUT2D eigenvalue weighted by molar-refractivity contribution is 7.99. The Hall–Kier alpha value is -1.58. The molecule has 0 saturated carbocycles. The highest BCUT2D eigenvalue weighted by Crippen LogP contribution is 2.25. The monoisotopic (exact) mass is 406 g/mol. The minimum atomic E-state index is -5.76. The number of hydrogen-bond acceptors (Lipinski definition) is 5. The molecule has 0 unspecified atom stereocenters. The van der Waals surface area contributed by atoms with E-state index in [-0.39, 0.29) is 5.56 Å². The standard InChI is InChI=1S/C13H9F3O4S.C4H8S/c14-13(15,16)21(18,19)20-8-12(17)11-6-5-9-3-1-2-4-10(9)7-11;1-2-4-5-3-1/h1-7H,8H2;1-4H2. The molecule has 0 bridgehead atoms. The highest BCUT2D eigenvalue weighted by Gasteiger charge is 2.47. The van der Waals surface area contributed by atoms with Crippen LogP contribution in [0.1, 0.15) is 23.2 Å². The average molecular weight is 406 g/mol. The summed E-state index contributed by atoms with van der Waals surface area (Å²) in [5, 5.41) is 1.56. The lowest BCUT2D eigenvalue weighted by atomic mass is 10.0. The number of benzene rings is 2. The summed E-state index contributed by atoms with van der Waals surface area (Å²) in [5.74, 6) is 1.98. The van der Waals surface area contributed by atoms with Crippen molar-refractivity contribution < 1.29 is 30.6 Å². The van der Waals surface area contributed by atoms with Gasteiger partial charge in [-0.05, 0) is 41.2 Å². The van der Waals surface area contributed by atoms with Crippen LogP contribution in [-0.4, -0.2) is 37.8 Å². The summed E-state index contributed by atoms with van der Waals surface area (Å²) in [6.07, 6.45) is 2.93. The second kappa shape index (κ2) is 8.88. The molecule has 9 heteroatoms. The Labute approximate surface area is 153 Å². The van der Waals surface area contributed by atoms with E-state index in [0.29, 0.717) is 5.39 Å². The molecule has 1 aliphatic rings. The number of halogens is 3. The van der Waals surface area contributed by atoms with Crippen molar-refractivity contribution in [3.63, 3.8) is 0 Å². The third kappa shape index (κ3) is 5.72. The fraction of sp³-hybridized carbons (Fsp3) is 0.353. The Kier molecular flexibility index (Phi) is 7.08. The van der Waals surface area contributed by atoms with E-state index < -0.39 is 28.0 Å². The van der Waals surface area contributed by atoms with Gasteiger partial charge in [0.2, 0.25) is 0 Å². The molecule has 1 fully saturated rings. The second-order valence-electron chi connectivity index (χ2n) is 5.47. The van der Waals surface area contributed by atoms with Gasteiger partial charge in [0, 0.05) is 5.56 Å². The number of ketones is 1. The van der Waals surface area contributed by atoms with Crippen molar-refractivity contribution in [2.45, 2.75) is 18.3 Å². The Bertz CT molecular complexity index is 852. The summed E-state index contributed by atoms with van der Waals surface area (Å²) in [5.41, 5.74) is -5.47. The topological polar surface area (TPSA) is 60.4 Å². The summed E-state index contributed by atoms with van der Waals surface area (Å²) in [6.45, 7) is -1.19. The molecular weight excluding hydrogens is 389 g/mol. The molecule has 2 aromatic carbocycles. The maximum atomic E-state index is 12.1. The van der Waals surface area contributed by atoms with Crippen molar-refractivity contribution in [3.8, 4) is 0 Å². The van der Waals surface area contributed by atoms with E-state index in [4.69, 9.17) is 0 Å². The van der Waals surface area contributed by atoms with Crippen molar-refractivity contribution in [1.29, 1.82) is 0 Å². The third-order valence-corrected chi connectivity index (χ3v) is 5.68. The zero-order chi connectivity index (χ0) is 19.2. The molecule has 4 nitrogen and oxygen atoms in total. The van der Waals surface area contributed by atoms with E-state index in [9.17, 15) is 26.4 Å². The van der Waals surface area contributed by atoms with Gasteiger partial charge >= 0.3 is 15.6 Å². The van der Waals surface area contributed by atoms with Gasteiger partial charge in [-0.3, -0.25) is 8.98 Å². The molecule has 3 rings (SSSR count). The van der Waals surface area contributed by atoms with Crippen molar-refractivity contribution in [1.82, 2.24) is 0 Å². The van der Waals surface area contributed by atoms with Crippen LogP contribution in [0.4, 0.5) is 13.2 Å². The molecule has 0 amide bonds.